The minimum atomic E-state index is -0.656. The van der Waals surface area contributed by atoms with Crippen LogP contribution in [0.4, 0.5) is 0 Å². The molecule has 0 saturated carbocycles. The van der Waals surface area contributed by atoms with Gasteiger partial charge in [-0.05, 0) is 67.9 Å². The maximum atomic E-state index is 13.6. The van der Waals surface area contributed by atoms with Gasteiger partial charge in [0.25, 0.3) is 0 Å². The van der Waals surface area contributed by atoms with Crippen molar-refractivity contribution in [2.24, 2.45) is 17.8 Å². The number of likely N-dealkylation sites (tertiary alicyclic amines) is 1. The third-order valence-electron chi connectivity index (χ3n) is 6.94. The highest BCUT2D eigenvalue weighted by Crippen LogP contribution is 2.27. The van der Waals surface area contributed by atoms with Crippen LogP contribution in [-0.4, -0.2) is 40.4 Å². The summed E-state index contributed by atoms with van der Waals surface area (Å²) in [5.41, 5.74) is 2.67. The Kier molecular flexibility index (Phi) is 11.1. The van der Waals surface area contributed by atoms with Gasteiger partial charge in [-0.25, -0.2) is 5.48 Å². The van der Waals surface area contributed by atoms with Gasteiger partial charge >= 0.3 is 0 Å². The van der Waals surface area contributed by atoms with Crippen LogP contribution >= 0.6 is 0 Å². The minimum Gasteiger partial charge on any atom is -0.457 e. The molecule has 1 unspecified atom stereocenters. The highest BCUT2D eigenvalue weighted by Gasteiger charge is 2.36. The first-order valence-corrected chi connectivity index (χ1v) is 13.7. The normalized spacial score (nSPS) is 17.4. The molecule has 206 valence electrons. The Labute approximate surface area is 225 Å². The summed E-state index contributed by atoms with van der Waals surface area (Å²) in [6, 6.07) is 16.6. The van der Waals surface area contributed by atoms with E-state index < -0.39 is 23.8 Å². The second-order valence-electron chi connectivity index (χ2n) is 10.5. The average molecular weight is 524 g/mol. The van der Waals surface area contributed by atoms with Crippen LogP contribution in [0.1, 0.15) is 64.9 Å². The molecule has 1 fully saturated rings. The number of carbonyl (C=O) groups is 3. The predicted molar refractivity (Wildman–Crippen MR) is 145 cm³/mol. The molecule has 3 rings (SSSR count). The number of hydrogen-bond acceptors (Lipinski definition) is 5. The van der Waals surface area contributed by atoms with Crippen molar-refractivity contribution in [3.8, 4) is 11.5 Å². The number of benzene rings is 2. The molecule has 1 heterocycles. The van der Waals surface area contributed by atoms with Crippen molar-refractivity contribution in [3.05, 3.63) is 60.2 Å². The first kappa shape index (κ1) is 29.2. The fourth-order valence-corrected chi connectivity index (χ4v) is 5.10. The van der Waals surface area contributed by atoms with E-state index in [0.29, 0.717) is 44.5 Å². The summed E-state index contributed by atoms with van der Waals surface area (Å²) in [4.78, 5) is 41.2. The number of ether oxygens (including phenoxy) is 1. The first-order chi connectivity index (χ1) is 18.3. The molecule has 2 aromatic carbocycles. The lowest BCUT2D eigenvalue weighted by molar-refractivity contribution is -0.143. The minimum absolute atomic E-state index is 0.118. The molecule has 0 radical (unpaired) electrons. The highest BCUT2D eigenvalue weighted by molar-refractivity contribution is 5.91. The van der Waals surface area contributed by atoms with Crippen LogP contribution in [-0.2, 0) is 20.9 Å². The quantitative estimate of drug-likeness (QED) is 0.266. The Hall–Kier alpha value is -3.39. The van der Waals surface area contributed by atoms with Crippen molar-refractivity contribution in [2.45, 2.75) is 71.9 Å². The Bertz CT molecular complexity index is 1060. The Morgan fingerprint density at radius 2 is 1.76 bits per heavy atom. The molecule has 3 amide bonds. The third-order valence-corrected chi connectivity index (χ3v) is 6.94. The van der Waals surface area contributed by atoms with Crippen LogP contribution in [0.2, 0.25) is 0 Å². The highest BCUT2D eigenvalue weighted by atomic mass is 16.5. The van der Waals surface area contributed by atoms with E-state index >= 15 is 0 Å². The zero-order valence-electron chi connectivity index (χ0n) is 22.7. The van der Waals surface area contributed by atoms with Gasteiger partial charge in [-0.2, -0.15) is 0 Å². The van der Waals surface area contributed by atoms with Crippen molar-refractivity contribution in [2.75, 3.05) is 6.54 Å². The lowest BCUT2D eigenvalue weighted by Crippen LogP contribution is -2.51. The standard InChI is InChI=1S/C30H41N3O5/c1-4-11-25(29(35)32-37)26(18-21(2)3)28(34)31-27-16-8-9-17-33(30(27)36)20-22-12-10-15-24(19-22)38-23-13-6-5-7-14-23/h5-7,10,12-15,19,21,25-27,37H,4,8-9,11,16-18,20H2,1-3H3,(H,31,34)(H,32,35)/t25?,26-,27+/m1/s1. The van der Waals surface area contributed by atoms with Crippen molar-refractivity contribution in [1.82, 2.24) is 15.7 Å². The largest absolute Gasteiger partial charge is 0.457 e. The number of rotatable bonds is 12. The lowest BCUT2D eigenvalue weighted by Gasteiger charge is -2.29. The van der Waals surface area contributed by atoms with Gasteiger partial charge < -0.3 is 15.0 Å². The maximum absolute atomic E-state index is 13.6. The van der Waals surface area contributed by atoms with Gasteiger partial charge in [-0.15, -0.1) is 0 Å². The van der Waals surface area contributed by atoms with Crippen molar-refractivity contribution in [1.29, 1.82) is 0 Å². The van der Waals surface area contributed by atoms with Crippen LogP contribution in [0, 0.1) is 17.8 Å². The molecule has 8 nitrogen and oxygen atoms in total. The van der Waals surface area contributed by atoms with E-state index in [9.17, 15) is 19.6 Å². The Morgan fingerprint density at radius 3 is 2.45 bits per heavy atom. The average Bonchev–Trinajstić information content (AvgIpc) is 3.07. The molecule has 2 aromatic rings. The number of nitrogens with one attached hydrogen (secondary N) is 2. The molecule has 1 saturated heterocycles. The molecular formula is C30H41N3O5. The number of hydroxylamine groups is 1. The van der Waals surface area contributed by atoms with Gasteiger partial charge in [0.05, 0.1) is 5.92 Å². The van der Waals surface area contributed by atoms with Gasteiger partial charge in [0.1, 0.15) is 17.5 Å². The van der Waals surface area contributed by atoms with Crippen molar-refractivity contribution in [3.63, 3.8) is 0 Å². The van der Waals surface area contributed by atoms with E-state index in [1.165, 1.54) is 0 Å². The van der Waals surface area contributed by atoms with Crippen LogP contribution in [0.5, 0.6) is 11.5 Å². The SMILES string of the molecule is CCCC(C(=O)NO)[C@@H](CC(C)C)C(=O)N[C@H]1CCCCN(Cc2cccc(Oc3ccccc3)c2)C1=O. The summed E-state index contributed by atoms with van der Waals surface area (Å²) >= 11 is 0. The Balaban J connectivity index is 1.72. The summed E-state index contributed by atoms with van der Waals surface area (Å²) in [7, 11) is 0. The number of nitrogens with zero attached hydrogens (tertiary/aromatic N) is 1. The monoisotopic (exact) mass is 523 g/mol. The fraction of sp³-hybridized carbons (Fsp3) is 0.500. The maximum Gasteiger partial charge on any atom is 0.247 e. The molecule has 0 bridgehead atoms. The predicted octanol–water partition coefficient (Wildman–Crippen LogP) is 5.06. The molecule has 0 aromatic heterocycles. The molecule has 1 aliphatic heterocycles. The van der Waals surface area contributed by atoms with Gasteiger partial charge in [0.2, 0.25) is 17.7 Å². The Morgan fingerprint density at radius 1 is 1.03 bits per heavy atom. The van der Waals surface area contributed by atoms with Gasteiger partial charge in [0.15, 0.2) is 0 Å². The zero-order chi connectivity index (χ0) is 27.5. The molecule has 0 aliphatic carbocycles. The number of para-hydroxylation sites is 1. The topological polar surface area (TPSA) is 108 Å². The smallest absolute Gasteiger partial charge is 0.247 e. The van der Waals surface area contributed by atoms with Crippen LogP contribution in [0.3, 0.4) is 0 Å². The van der Waals surface area contributed by atoms with Crippen LogP contribution in [0.25, 0.3) is 0 Å². The summed E-state index contributed by atoms with van der Waals surface area (Å²) in [6.45, 7) is 6.95. The number of amides is 3. The first-order valence-electron chi connectivity index (χ1n) is 13.7. The zero-order valence-corrected chi connectivity index (χ0v) is 22.7. The summed E-state index contributed by atoms with van der Waals surface area (Å²) in [6.07, 6.45) is 3.88. The van der Waals surface area contributed by atoms with E-state index in [1.807, 2.05) is 75.4 Å². The van der Waals surface area contributed by atoms with E-state index in [2.05, 4.69) is 5.32 Å². The van der Waals surface area contributed by atoms with E-state index in [-0.39, 0.29) is 17.7 Å². The fourth-order valence-electron chi connectivity index (χ4n) is 5.10. The second-order valence-corrected chi connectivity index (χ2v) is 10.5. The summed E-state index contributed by atoms with van der Waals surface area (Å²) in [5.74, 6) is -0.657. The van der Waals surface area contributed by atoms with E-state index in [0.717, 1.165) is 24.2 Å². The lowest BCUT2D eigenvalue weighted by atomic mass is 9.81. The van der Waals surface area contributed by atoms with Gasteiger partial charge in [-0.3, -0.25) is 19.6 Å². The molecule has 0 spiro atoms. The van der Waals surface area contributed by atoms with Crippen molar-refractivity contribution >= 4 is 17.7 Å². The molecule has 1 aliphatic rings. The second kappa shape index (κ2) is 14.5. The van der Waals surface area contributed by atoms with Gasteiger partial charge in [0, 0.05) is 19.0 Å². The third kappa shape index (κ3) is 8.31. The van der Waals surface area contributed by atoms with Crippen molar-refractivity contribution < 1.29 is 24.3 Å². The molecule has 3 N–H and O–H groups in total. The van der Waals surface area contributed by atoms with Gasteiger partial charge in [-0.1, -0.05) is 57.5 Å². The van der Waals surface area contributed by atoms with Crippen LogP contribution in [0.15, 0.2) is 54.6 Å². The van der Waals surface area contributed by atoms with E-state index in [1.54, 1.807) is 10.4 Å². The number of carbonyl (C=O) groups excluding carboxylic acids is 3. The number of hydrogen-bond donors (Lipinski definition) is 3. The molecule has 3 atom stereocenters. The molecular weight excluding hydrogens is 482 g/mol. The molecule has 38 heavy (non-hydrogen) atoms. The molecule has 8 heteroatoms. The van der Waals surface area contributed by atoms with Crippen LogP contribution < -0.4 is 15.5 Å². The summed E-state index contributed by atoms with van der Waals surface area (Å²) < 4.78 is 5.95. The summed E-state index contributed by atoms with van der Waals surface area (Å²) in [5, 5.41) is 12.2. The van der Waals surface area contributed by atoms with E-state index in [4.69, 9.17) is 4.74 Å².